The van der Waals surface area contributed by atoms with E-state index in [1.165, 1.54) is 0 Å². The molecule has 0 heterocycles. The van der Waals surface area contributed by atoms with Crippen LogP contribution in [0.4, 0.5) is 5.69 Å². The SMILES string of the molecule is O=Cc1cccc(NC(=O)c2cccc3ccccc23)c1. The van der Waals surface area contributed by atoms with Gasteiger partial charge in [-0.05, 0) is 29.0 Å². The van der Waals surface area contributed by atoms with Crippen LogP contribution in [0.15, 0.2) is 66.7 Å². The van der Waals surface area contributed by atoms with Crippen LogP contribution in [0, 0.1) is 0 Å². The number of carbonyl (C=O) groups excluding carboxylic acids is 2. The zero-order valence-electron chi connectivity index (χ0n) is 11.2. The molecule has 3 aromatic rings. The highest BCUT2D eigenvalue weighted by atomic mass is 16.1. The number of hydrogen-bond donors (Lipinski definition) is 1. The Morgan fingerprint density at radius 1 is 0.905 bits per heavy atom. The Balaban J connectivity index is 1.95. The summed E-state index contributed by atoms with van der Waals surface area (Å²) in [6.45, 7) is 0. The van der Waals surface area contributed by atoms with Crippen LogP contribution in [-0.2, 0) is 0 Å². The third-order valence-corrected chi connectivity index (χ3v) is 3.31. The number of carbonyl (C=O) groups is 2. The first-order valence-electron chi connectivity index (χ1n) is 6.62. The number of rotatable bonds is 3. The minimum Gasteiger partial charge on any atom is -0.322 e. The van der Waals surface area contributed by atoms with Crippen LogP contribution >= 0.6 is 0 Å². The summed E-state index contributed by atoms with van der Waals surface area (Å²) in [4.78, 5) is 23.2. The van der Waals surface area contributed by atoms with Gasteiger partial charge in [-0.1, -0.05) is 48.5 Å². The van der Waals surface area contributed by atoms with Crippen molar-refractivity contribution in [3.05, 3.63) is 77.9 Å². The molecular weight excluding hydrogens is 262 g/mol. The predicted molar refractivity (Wildman–Crippen MR) is 83.7 cm³/mol. The molecule has 102 valence electrons. The molecule has 3 nitrogen and oxygen atoms in total. The van der Waals surface area contributed by atoms with E-state index in [1.54, 1.807) is 30.3 Å². The van der Waals surface area contributed by atoms with Crippen LogP contribution in [0.25, 0.3) is 10.8 Å². The van der Waals surface area contributed by atoms with E-state index in [-0.39, 0.29) is 5.91 Å². The van der Waals surface area contributed by atoms with Gasteiger partial charge in [0, 0.05) is 16.8 Å². The van der Waals surface area contributed by atoms with E-state index in [0.29, 0.717) is 16.8 Å². The van der Waals surface area contributed by atoms with Gasteiger partial charge in [-0.25, -0.2) is 0 Å². The summed E-state index contributed by atoms with van der Waals surface area (Å²) < 4.78 is 0. The molecular formula is C18H13NO2. The monoisotopic (exact) mass is 275 g/mol. The van der Waals surface area contributed by atoms with E-state index in [2.05, 4.69) is 5.32 Å². The van der Waals surface area contributed by atoms with Gasteiger partial charge in [0.15, 0.2) is 0 Å². The molecule has 0 atom stereocenters. The standard InChI is InChI=1S/C18H13NO2/c20-12-13-5-3-8-15(11-13)19-18(21)17-10-4-7-14-6-1-2-9-16(14)17/h1-12H,(H,19,21). The van der Waals surface area contributed by atoms with Gasteiger partial charge in [0.1, 0.15) is 6.29 Å². The molecule has 0 saturated heterocycles. The Labute approximate surface area is 122 Å². The highest BCUT2D eigenvalue weighted by Gasteiger charge is 2.09. The second kappa shape index (κ2) is 5.59. The molecule has 3 rings (SSSR count). The molecule has 0 radical (unpaired) electrons. The van der Waals surface area contributed by atoms with Gasteiger partial charge in [-0.15, -0.1) is 0 Å². The first-order valence-corrected chi connectivity index (χ1v) is 6.62. The van der Waals surface area contributed by atoms with E-state index in [0.717, 1.165) is 17.1 Å². The number of hydrogen-bond acceptors (Lipinski definition) is 2. The first kappa shape index (κ1) is 13.1. The lowest BCUT2D eigenvalue weighted by atomic mass is 10.0. The lowest BCUT2D eigenvalue weighted by Gasteiger charge is -2.08. The summed E-state index contributed by atoms with van der Waals surface area (Å²) in [6, 6.07) is 20.2. The number of amides is 1. The zero-order chi connectivity index (χ0) is 14.7. The third kappa shape index (κ3) is 2.67. The fraction of sp³-hybridized carbons (Fsp3) is 0. The van der Waals surface area contributed by atoms with Crippen molar-refractivity contribution in [1.82, 2.24) is 0 Å². The van der Waals surface area contributed by atoms with Crippen molar-refractivity contribution in [3.8, 4) is 0 Å². The number of fused-ring (bicyclic) bond motifs is 1. The largest absolute Gasteiger partial charge is 0.322 e. The second-order valence-corrected chi connectivity index (χ2v) is 4.72. The average Bonchev–Trinajstić information content (AvgIpc) is 2.54. The minimum atomic E-state index is -0.185. The van der Waals surface area contributed by atoms with Gasteiger partial charge in [0.25, 0.3) is 5.91 Å². The zero-order valence-corrected chi connectivity index (χ0v) is 11.2. The van der Waals surface area contributed by atoms with Crippen molar-refractivity contribution in [1.29, 1.82) is 0 Å². The van der Waals surface area contributed by atoms with Crippen LogP contribution in [-0.4, -0.2) is 12.2 Å². The lowest BCUT2D eigenvalue weighted by molar-refractivity contribution is 0.102. The normalized spacial score (nSPS) is 10.3. The second-order valence-electron chi connectivity index (χ2n) is 4.72. The van der Waals surface area contributed by atoms with E-state index >= 15 is 0 Å². The number of anilines is 1. The Bertz CT molecular complexity index is 819. The molecule has 0 saturated carbocycles. The van der Waals surface area contributed by atoms with Gasteiger partial charge in [-0.2, -0.15) is 0 Å². The summed E-state index contributed by atoms with van der Waals surface area (Å²) in [5.74, 6) is -0.185. The number of benzene rings is 3. The summed E-state index contributed by atoms with van der Waals surface area (Å²) >= 11 is 0. The minimum absolute atomic E-state index is 0.185. The third-order valence-electron chi connectivity index (χ3n) is 3.31. The highest BCUT2D eigenvalue weighted by Crippen LogP contribution is 2.20. The van der Waals surface area contributed by atoms with Crippen LogP contribution in [0.3, 0.4) is 0 Å². The maximum Gasteiger partial charge on any atom is 0.256 e. The average molecular weight is 275 g/mol. The van der Waals surface area contributed by atoms with Crippen LogP contribution < -0.4 is 5.32 Å². The van der Waals surface area contributed by atoms with E-state index in [4.69, 9.17) is 0 Å². The topological polar surface area (TPSA) is 46.2 Å². The van der Waals surface area contributed by atoms with Gasteiger partial charge in [0.2, 0.25) is 0 Å². The Morgan fingerprint density at radius 3 is 2.52 bits per heavy atom. The molecule has 0 bridgehead atoms. The Kier molecular flexibility index (Phi) is 3.48. The first-order chi connectivity index (χ1) is 10.3. The quantitative estimate of drug-likeness (QED) is 0.737. The maximum absolute atomic E-state index is 12.4. The van der Waals surface area contributed by atoms with Gasteiger partial charge >= 0.3 is 0 Å². The molecule has 1 amide bonds. The smallest absolute Gasteiger partial charge is 0.256 e. The molecule has 1 N–H and O–H groups in total. The summed E-state index contributed by atoms with van der Waals surface area (Å²) in [7, 11) is 0. The molecule has 3 heteroatoms. The Morgan fingerprint density at radius 2 is 1.67 bits per heavy atom. The van der Waals surface area contributed by atoms with Gasteiger partial charge in [-0.3, -0.25) is 9.59 Å². The van der Waals surface area contributed by atoms with Crippen LogP contribution in [0.1, 0.15) is 20.7 Å². The Hall–Kier alpha value is -2.94. The predicted octanol–water partition coefficient (Wildman–Crippen LogP) is 3.90. The fourth-order valence-corrected chi connectivity index (χ4v) is 2.31. The summed E-state index contributed by atoms with van der Waals surface area (Å²) in [5.41, 5.74) is 1.76. The van der Waals surface area contributed by atoms with Crippen molar-refractivity contribution in [3.63, 3.8) is 0 Å². The van der Waals surface area contributed by atoms with E-state index < -0.39 is 0 Å². The number of nitrogens with one attached hydrogen (secondary N) is 1. The molecule has 0 unspecified atom stereocenters. The van der Waals surface area contributed by atoms with Crippen molar-refractivity contribution in [2.45, 2.75) is 0 Å². The summed E-state index contributed by atoms with van der Waals surface area (Å²) in [5, 5.41) is 4.75. The number of aldehydes is 1. The molecule has 21 heavy (non-hydrogen) atoms. The van der Waals surface area contributed by atoms with Crippen molar-refractivity contribution in [2.24, 2.45) is 0 Å². The molecule has 0 aromatic heterocycles. The van der Waals surface area contributed by atoms with Crippen LogP contribution in [0.5, 0.6) is 0 Å². The van der Waals surface area contributed by atoms with Crippen molar-refractivity contribution < 1.29 is 9.59 Å². The molecule has 0 aliphatic rings. The summed E-state index contributed by atoms with van der Waals surface area (Å²) in [6.07, 6.45) is 0.758. The highest BCUT2D eigenvalue weighted by molar-refractivity contribution is 6.13. The molecule has 3 aromatic carbocycles. The van der Waals surface area contributed by atoms with Crippen LogP contribution in [0.2, 0.25) is 0 Å². The molecule has 0 aliphatic carbocycles. The van der Waals surface area contributed by atoms with E-state index in [1.807, 2.05) is 36.4 Å². The van der Waals surface area contributed by atoms with E-state index in [9.17, 15) is 9.59 Å². The molecule has 0 spiro atoms. The van der Waals surface area contributed by atoms with Gasteiger partial charge < -0.3 is 5.32 Å². The fourth-order valence-electron chi connectivity index (χ4n) is 2.31. The molecule has 0 aliphatic heterocycles. The van der Waals surface area contributed by atoms with Crippen molar-refractivity contribution >= 4 is 28.7 Å². The lowest BCUT2D eigenvalue weighted by Crippen LogP contribution is -2.12. The van der Waals surface area contributed by atoms with Crippen molar-refractivity contribution in [2.75, 3.05) is 5.32 Å². The maximum atomic E-state index is 12.4. The van der Waals surface area contributed by atoms with Gasteiger partial charge in [0.05, 0.1) is 0 Å². The molecule has 0 fully saturated rings.